The molecule has 0 bridgehead atoms. The molecule has 0 saturated heterocycles. The van der Waals surface area contributed by atoms with Crippen LogP contribution in [0.15, 0.2) is 22.0 Å². The summed E-state index contributed by atoms with van der Waals surface area (Å²) in [7, 11) is -3.58. The molecule has 0 radical (unpaired) electrons. The summed E-state index contributed by atoms with van der Waals surface area (Å²) in [6.07, 6.45) is 1.71. The first-order valence-electron chi connectivity index (χ1n) is 8.92. The Labute approximate surface area is 160 Å². The largest absolute Gasteiger partial charge is 0.492 e. The van der Waals surface area contributed by atoms with Crippen molar-refractivity contribution in [2.75, 3.05) is 18.2 Å². The number of aliphatic imine (C=N–C) groups is 1. The number of aryl methyl sites for hydroxylation is 1. The summed E-state index contributed by atoms with van der Waals surface area (Å²) >= 11 is 0. The molecule has 146 valence electrons. The Hall–Kier alpha value is -2.35. The predicted octanol–water partition coefficient (Wildman–Crippen LogP) is 3.53. The number of nitrogens with one attached hydrogen (secondary N) is 1. The summed E-state index contributed by atoms with van der Waals surface area (Å²) in [4.78, 5) is 6.55. The third kappa shape index (κ3) is 3.22. The van der Waals surface area contributed by atoms with Crippen LogP contribution in [-0.4, -0.2) is 42.9 Å². The number of fused-ring (bicyclic) bond motifs is 1. The molecule has 27 heavy (non-hydrogen) atoms. The first-order valence-corrected chi connectivity index (χ1v) is 10.4. The number of hydrogen-bond acceptors (Lipinski definition) is 6. The number of aromatic amines is 1. The van der Waals surface area contributed by atoms with E-state index in [0.717, 1.165) is 28.3 Å². The van der Waals surface area contributed by atoms with Crippen molar-refractivity contribution in [2.45, 2.75) is 51.2 Å². The summed E-state index contributed by atoms with van der Waals surface area (Å²) < 4.78 is 31.0. The van der Waals surface area contributed by atoms with Crippen LogP contribution in [0.4, 0.5) is 11.5 Å². The molecule has 1 aliphatic rings. The molecule has 1 aromatic carbocycles. The average molecular weight is 391 g/mol. The van der Waals surface area contributed by atoms with Crippen molar-refractivity contribution in [3.05, 3.63) is 29.0 Å². The molecule has 8 heteroatoms. The Balaban J connectivity index is 2.21. The molecule has 1 N–H and O–H groups in total. The highest BCUT2D eigenvalue weighted by Gasteiger charge is 2.35. The number of aromatic nitrogens is 2. The molecular formula is C19H26N4O3S. The highest BCUT2D eigenvalue weighted by Crippen LogP contribution is 2.40. The first kappa shape index (κ1) is 19.4. The summed E-state index contributed by atoms with van der Waals surface area (Å²) in [5, 5.41) is 7.38. The van der Waals surface area contributed by atoms with Gasteiger partial charge in [-0.25, -0.2) is 8.42 Å². The molecule has 7 nitrogen and oxygen atoms in total. The summed E-state index contributed by atoms with van der Waals surface area (Å²) in [6, 6.07) is 3.44. The van der Waals surface area contributed by atoms with Gasteiger partial charge in [0.25, 0.3) is 0 Å². The fourth-order valence-electron chi connectivity index (χ4n) is 2.92. The average Bonchev–Trinajstić information content (AvgIpc) is 2.92. The third-order valence-electron chi connectivity index (χ3n) is 4.72. The fraction of sp³-hybridized carbons (Fsp3) is 0.474. The molecule has 0 spiro atoms. The second kappa shape index (κ2) is 6.67. The van der Waals surface area contributed by atoms with Gasteiger partial charge in [0.2, 0.25) is 0 Å². The van der Waals surface area contributed by atoms with E-state index >= 15 is 0 Å². The molecule has 0 saturated carbocycles. The van der Waals surface area contributed by atoms with Crippen LogP contribution in [-0.2, 0) is 9.84 Å². The van der Waals surface area contributed by atoms with Crippen molar-refractivity contribution < 1.29 is 13.2 Å². The number of sulfone groups is 1. The Bertz CT molecular complexity index is 1000. The Morgan fingerprint density at radius 3 is 2.52 bits per heavy atom. The Kier molecular flexibility index (Phi) is 4.80. The Morgan fingerprint density at radius 2 is 1.96 bits per heavy atom. The molecule has 1 aliphatic heterocycles. The lowest BCUT2D eigenvalue weighted by molar-refractivity contribution is 0.331. The van der Waals surface area contributed by atoms with Gasteiger partial charge < -0.3 is 9.64 Å². The number of hydrogen-bond donors (Lipinski definition) is 1. The molecule has 0 fully saturated rings. The van der Waals surface area contributed by atoms with Crippen molar-refractivity contribution in [1.29, 1.82) is 0 Å². The van der Waals surface area contributed by atoms with E-state index in [1.807, 2.05) is 25.7 Å². The molecule has 0 aliphatic carbocycles. The molecular weight excluding hydrogens is 364 g/mol. The summed E-state index contributed by atoms with van der Waals surface area (Å²) in [6.45, 7) is 11.6. The molecule has 0 amide bonds. The monoisotopic (exact) mass is 390 g/mol. The van der Waals surface area contributed by atoms with Crippen molar-refractivity contribution in [3.63, 3.8) is 0 Å². The lowest BCUT2D eigenvalue weighted by Gasteiger charge is -2.28. The number of anilines is 2. The van der Waals surface area contributed by atoms with Gasteiger partial charge in [-0.15, -0.1) is 0 Å². The maximum atomic E-state index is 13.1. The maximum Gasteiger partial charge on any atom is 0.186 e. The predicted molar refractivity (Wildman–Crippen MR) is 107 cm³/mol. The topological polar surface area (TPSA) is 87.7 Å². The van der Waals surface area contributed by atoms with Gasteiger partial charge in [0, 0.05) is 29.1 Å². The van der Waals surface area contributed by atoms with Crippen LogP contribution in [0.25, 0.3) is 0 Å². The third-order valence-corrected chi connectivity index (χ3v) is 7.23. The van der Waals surface area contributed by atoms with E-state index in [2.05, 4.69) is 15.2 Å². The zero-order valence-electron chi connectivity index (χ0n) is 16.6. The van der Waals surface area contributed by atoms with Crippen LogP contribution in [0, 0.1) is 13.8 Å². The minimum absolute atomic E-state index is 0.193. The van der Waals surface area contributed by atoms with Crippen molar-refractivity contribution in [1.82, 2.24) is 10.2 Å². The van der Waals surface area contributed by atoms with E-state index < -0.39 is 14.6 Å². The van der Waals surface area contributed by atoms with Gasteiger partial charge in [0.15, 0.2) is 15.7 Å². The minimum atomic E-state index is -3.58. The van der Waals surface area contributed by atoms with Crippen LogP contribution < -0.4 is 9.64 Å². The number of H-pyrrole nitrogens is 1. The standard InChI is InChI=1S/C19H26N4O3S/c1-7-26-16-9-15-14(8-17(16)27(24,25)19(4,5)6)10-20-11-23(15)18-12(2)13(3)21-22-18/h8-10H,7,11H2,1-6H3,(H,21,22). The van der Waals surface area contributed by atoms with E-state index in [9.17, 15) is 8.42 Å². The summed E-state index contributed by atoms with van der Waals surface area (Å²) in [5.41, 5.74) is 3.57. The van der Waals surface area contributed by atoms with Gasteiger partial charge in [-0.05, 0) is 47.6 Å². The fourth-order valence-corrected chi connectivity index (χ4v) is 4.25. The van der Waals surface area contributed by atoms with Gasteiger partial charge in [0.05, 0.1) is 17.0 Å². The first-order chi connectivity index (χ1) is 12.6. The van der Waals surface area contributed by atoms with E-state index in [0.29, 0.717) is 19.0 Å². The van der Waals surface area contributed by atoms with Crippen molar-refractivity contribution in [2.24, 2.45) is 4.99 Å². The number of ether oxygens (including phenoxy) is 1. The zero-order valence-corrected chi connectivity index (χ0v) is 17.4. The van der Waals surface area contributed by atoms with Gasteiger partial charge in [-0.1, -0.05) is 0 Å². The van der Waals surface area contributed by atoms with Crippen LogP contribution in [0.1, 0.15) is 44.5 Å². The maximum absolute atomic E-state index is 13.1. The van der Waals surface area contributed by atoms with Crippen LogP contribution in [0.5, 0.6) is 5.75 Å². The quantitative estimate of drug-likeness (QED) is 0.863. The smallest absolute Gasteiger partial charge is 0.186 e. The van der Waals surface area contributed by atoms with E-state index in [4.69, 9.17) is 4.74 Å². The lowest BCUT2D eigenvalue weighted by Crippen LogP contribution is -2.29. The summed E-state index contributed by atoms with van der Waals surface area (Å²) in [5.74, 6) is 1.14. The van der Waals surface area contributed by atoms with Crippen LogP contribution >= 0.6 is 0 Å². The van der Waals surface area contributed by atoms with E-state index in [-0.39, 0.29) is 4.90 Å². The number of nitrogens with zero attached hydrogens (tertiary/aromatic N) is 3. The van der Waals surface area contributed by atoms with Gasteiger partial charge in [0.1, 0.15) is 17.3 Å². The molecule has 1 aromatic heterocycles. The minimum Gasteiger partial charge on any atom is -0.492 e. The molecule has 0 atom stereocenters. The normalized spacial score (nSPS) is 14.4. The SMILES string of the molecule is CCOc1cc2c(cc1S(=O)(=O)C(C)(C)C)C=NCN2c1n[nH]c(C)c1C. The second-order valence-electron chi connectivity index (χ2n) is 7.58. The van der Waals surface area contributed by atoms with Gasteiger partial charge in [-0.3, -0.25) is 10.1 Å². The lowest BCUT2D eigenvalue weighted by atomic mass is 10.1. The highest BCUT2D eigenvalue weighted by atomic mass is 32.2. The van der Waals surface area contributed by atoms with Crippen molar-refractivity contribution >= 4 is 27.6 Å². The van der Waals surface area contributed by atoms with Crippen LogP contribution in [0.2, 0.25) is 0 Å². The zero-order chi connectivity index (χ0) is 20.0. The van der Waals surface area contributed by atoms with Gasteiger partial charge >= 0.3 is 0 Å². The van der Waals surface area contributed by atoms with Crippen molar-refractivity contribution in [3.8, 4) is 5.75 Å². The van der Waals surface area contributed by atoms with Crippen LogP contribution in [0.3, 0.4) is 0 Å². The van der Waals surface area contributed by atoms with E-state index in [1.54, 1.807) is 39.1 Å². The molecule has 2 aromatic rings. The number of benzene rings is 1. The second-order valence-corrected chi connectivity index (χ2v) is 10.3. The van der Waals surface area contributed by atoms with Gasteiger partial charge in [-0.2, -0.15) is 5.10 Å². The number of rotatable bonds is 4. The highest BCUT2D eigenvalue weighted by molar-refractivity contribution is 7.92. The van der Waals surface area contributed by atoms with E-state index in [1.165, 1.54) is 0 Å². The Morgan fingerprint density at radius 1 is 1.26 bits per heavy atom. The molecule has 2 heterocycles. The molecule has 3 rings (SSSR count). The molecule has 0 unspecified atom stereocenters.